The zero-order valence-electron chi connectivity index (χ0n) is 22.4. The highest BCUT2D eigenvalue weighted by Crippen LogP contribution is 2.29. The fraction of sp³-hybridized carbons (Fsp3) is 0.321. The molecule has 2 aromatic heterocycles. The molecule has 0 radical (unpaired) electrons. The lowest BCUT2D eigenvalue weighted by Crippen LogP contribution is -2.44. The number of alkyl halides is 1. The van der Waals surface area contributed by atoms with E-state index in [4.69, 9.17) is 0 Å². The number of hydrogen-bond donors (Lipinski definition) is 3. The molecule has 5 rings (SSSR count). The van der Waals surface area contributed by atoms with Gasteiger partial charge in [0.1, 0.15) is 17.5 Å². The van der Waals surface area contributed by atoms with Crippen LogP contribution in [-0.4, -0.2) is 48.3 Å². The third-order valence-corrected chi connectivity index (χ3v) is 7.96. The number of rotatable bonds is 8. The van der Waals surface area contributed by atoms with E-state index < -0.39 is 44.8 Å². The molecular formula is C28H29F3N6O3S. The highest BCUT2D eigenvalue weighted by Gasteiger charge is 2.24. The molecule has 0 bridgehead atoms. The number of aromatic nitrogens is 3. The van der Waals surface area contributed by atoms with Crippen molar-refractivity contribution in [3.05, 3.63) is 82.3 Å². The first-order valence-corrected chi connectivity index (χ1v) is 14.7. The summed E-state index contributed by atoms with van der Waals surface area (Å²) in [5.74, 6) is -2.59. The van der Waals surface area contributed by atoms with Crippen LogP contribution in [0.4, 0.5) is 24.8 Å². The molecule has 0 spiro atoms. The first-order valence-electron chi connectivity index (χ1n) is 13.1. The topological polar surface area (TPSA) is 118 Å². The van der Waals surface area contributed by atoms with Gasteiger partial charge >= 0.3 is 0 Å². The van der Waals surface area contributed by atoms with Crippen LogP contribution in [0.2, 0.25) is 0 Å². The van der Waals surface area contributed by atoms with E-state index in [-0.39, 0.29) is 35.7 Å². The number of sulfonamides is 1. The van der Waals surface area contributed by atoms with E-state index in [9.17, 15) is 17.6 Å². The van der Waals surface area contributed by atoms with Crippen molar-refractivity contribution in [3.63, 3.8) is 0 Å². The van der Waals surface area contributed by atoms with Crippen LogP contribution < -0.4 is 20.9 Å². The normalized spacial score (nSPS) is 17.6. The molecule has 1 saturated heterocycles. The van der Waals surface area contributed by atoms with Gasteiger partial charge in [-0.3, -0.25) is 14.1 Å². The van der Waals surface area contributed by atoms with Gasteiger partial charge in [-0.1, -0.05) is 30.3 Å². The molecule has 216 valence electrons. The van der Waals surface area contributed by atoms with E-state index in [0.29, 0.717) is 29.6 Å². The first kappa shape index (κ1) is 28.6. The zero-order chi connectivity index (χ0) is 29.3. The summed E-state index contributed by atoms with van der Waals surface area (Å²) in [5, 5.41) is 6.53. The Morgan fingerprint density at radius 1 is 1.10 bits per heavy atom. The van der Waals surface area contributed by atoms with E-state index in [1.807, 2.05) is 4.72 Å². The zero-order valence-corrected chi connectivity index (χ0v) is 23.2. The van der Waals surface area contributed by atoms with Crippen LogP contribution in [0.5, 0.6) is 0 Å². The lowest BCUT2D eigenvalue weighted by Gasteiger charge is -2.26. The molecule has 0 aliphatic carbocycles. The lowest BCUT2D eigenvalue weighted by atomic mass is 10.0. The van der Waals surface area contributed by atoms with Crippen LogP contribution in [0.1, 0.15) is 31.9 Å². The van der Waals surface area contributed by atoms with Crippen molar-refractivity contribution in [2.24, 2.45) is 0 Å². The third kappa shape index (κ3) is 6.35. The van der Waals surface area contributed by atoms with E-state index in [1.54, 1.807) is 44.2 Å². The minimum Gasteiger partial charge on any atom is -0.350 e. The molecule has 2 aromatic carbocycles. The summed E-state index contributed by atoms with van der Waals surface area (Å²) in [7, 11) is -4.13. The number of fused-ring (bicyclic) bond motifs is 1. The molecule has 1 aliphatic heterocycles. The molecule has 41 heavy (non-hydrogen) atoms. The molecule has 9 nitrogen and oxygen atoms in total. The summed E-state index contributed by atoms with van der Waals surface area (Å²) in [6.45, 7) is 4.36. The van der Waals surface area contributed by atoms with Gasteiger partial charge in [0.05, 0.1) is 5.75 Å². The molecule has 13 heteroatoms. The maximum Gasteiger partial charge on any atom is 0.260 e. The number of hydrogen-bond acceptors (Lipinski definition) is 7. The SMILES string of the molecule is CC(C)n1c(=O)c(-c2cc(F)c(NS(=O)(=O)Cc3ccccc3)c(F)c2)cc2cnc(N[C@@H]3CNC[C@@H](F)C3)nc21. The van der Waals surface area contributed by atoms with Crippen molar-refractivity contribution < 1.29 is 21.6 Å². The molecule has 3 heterocycles. The Morgan fingerprint density at radius 2 is 1.80 bits per heavy atom. The van der Waals surface area contributed by atoms with Crippen molar-refractivity contribution in [3.8, 4) is 11.1 Å². The maximum absolute atomic E-state index is 15.1. The minimum atomic E-state index is -4.13. The fourth-order valence-electron chi connectivity index (χ4n) is 4.87. The van der Waals surface area contributed by atoms with Crippen LogP contribution in [-0.2, 0) is 15.8 Å². The summed E-state index contributed by atoms with van der Waals surface area (Å²) < 4.78 is 72.6. The van der Waals surface area contributed by atoms with Gasteiger partial charge in [0.25, 0.3) is 5.56 Å². The summed E-state index contributed by atoms with van der Waals surface area (Å²) in [6, 6.07) is 10.9. The molecule has 3 N–H and O–H groups in total. The second-order valence-electron chi connectivity index (χ2n) is 10.3. The number of halogens is 3. The monoisotopic (exact) mass is 586 g/mol. The van der Waals surface area contributed by atoms with Gasteiger partial charge in [-0.05, 0) is 43.2 Å². The standard InChI is InChI=1S/C28H29F3N6O3S/c1-16(2)37-26-19(12-33-28(35-26)34-21-11-20(29)13-32-14-21)8-22(27(37)38)18-9-23(30)25(24(31)10-18)36-41(39,40)15-17-6-4-3-5-7-17/h3-10,12,16,20-21,32,36H,11,13-15H2,1-2H3,(H,33,34,35)/t20-,21-/m0/s1. The Hall–Kier alpha value is -3.97. The molecule has 2 atom stereocenters. The highest BCUT2D eigenvalue weighted by molar-refractivity contribution is 7.91. The third-order valence-electron chi connectivity index (χ3n) is 6.73. The van der Waals surface area contributed by atoms with Crippen LogP contribution in [0.15, 0.2) is 59.5 Å². The van der Waals surface area contributed by atoms with Gasteiger partial charge in [-0.15, -0.1) is 0 Å². The van der Waals surface area contributed by atoms with Gasteiger partial charge in [-0.2, -0.15) is 4.98 Å². The van der Waals surface area contributed by atoms with Gasteiger partial charge in [-0.25, -0.2) is 26.6 Å². The van der Waals surface area contributed by atoms with Crippen LogP contribution >= 0.6 is 0 Å². The number of piperidine rings is 1. The highest BCUT2D eigenvalue weighted by atomic mass is 32.2. The van der Waals surface area contributed by atoms with Gasteiger partial charge < -0.3 is 10.6 Å². The van der Waals surface area contributed by atoms with Gasteiger partial charge in [0, 0.05) is 48.7 Å². The molecule has 0 unspecified atom stereocenters. The second-order valence-corrected chi connectivity index (χ2v) is 12.0. The van der Waals surface area contributed by atoms with Crippen LogP contribution in [0.25, 0.3) is 22.2 Å². The maximum atomic E-state index is 15.1. The molecule has 1 fully saturated rings. The van der Waals surface area contributed by atoms with E-state index in [1.165, 1.54) is 16.8 Å². The molecule has 1 aliphatic rings. The molecule has 0 amide bonds. The number of anilines is 2. The Balaban J connectivity index is 1.49. The van der Waals surface area contributed by atoms with Gasteiger partial charge in [0.15, 0.2) is 11.6 Å². The predicted molar refractivity (Wildman–Crippen MR) is 152 cm³/mol. The predicted octanol–water partition coefficient (Wildman–Crippen LogP) is 4.37. The minimum absolute atomic E-state index is 0.0104. The summed E-state index contributed by atoms with van der Waals surface area (Å²) in [5.41, 5.74) is -0.707. The largest absolute Gasteiger partial charge is 0.350 e. The smallest absolute Gasteiger partial charge is 0.260 e. The first-order chi connectivity index (χ1) is 19.5. The Morgan fingerprint density at radius 3 is 2.46 bits per heavy atom. The van der Waals surface area contributed by atoms with Gasteiger partial charge in [0.2, 0.25) is 16.0 Å². The summed E-state index contributed by atoms with van der Waals surface area (Å²) in [4.78, 5) is 22.4. The van der Waals surface area contributed by atoms with Crippen molar-refractivity contribution >= 4 is 32.7 Å². The lowest BCUT2D eigenvalue weighted by molar-refractivity contribution is 0.254. The van der Waals surface area contributed by atoms with Crippen LogP contribution in [0.3, 0.4) is 0 Å². The number of benzene rings is 2. The van der Waals surface area contributed by atoms with Crippen molar-refractivity contribution in [1.82, 2.24) is 19.9 Å². The fourth-order valence-corrected chi connectivity index (χ4v) is 6.08. The second kappa shape index (κ2) is 11.5. The molecular weight excluding hydrogens is 557 g/mol. The average Bonchev–Trinajstić information content (AvgIpc) is 2.90. The number of nitrogens with one attached hydrogen (secondary N) is 3. The van der Waals surface area contributed by atoms with E-state index in [0.717, 1.165) is 12.1 Å². The van der Waals surface area contributed by atoms with E-state index in [2.05, 4.69) is 20.6 Å². The van der Waals surface area contributed by atoms with Crippen LogP contribution in [0, 0.1) is 11.6 Å². The number of nitrogens with zero attached hydrogens (tertiary/aromatic N) is 3. The molecule has 4 aromatic rings. The van der Waals surface area contributed by atoms with Crippen molar-refractivity contribution in [2.75, 3.05) is 23.1 Å². The Kier molecular flexibility index (Phi) is 8.00. The average molecular weight is 587 g/mol. The Bertz CT molecular complexity index is 1730. The molecule has 0 saturated carbocycles. The van der Waals surface area contributed by atoms with Crippen molar-refractivity contribution in [1.29, 1.82) is 0 Å². The quantitative estimate of drug-likeness (QED) is 0.281. The summed E-state index contributed by atoms with van der Waals surface area (Å²) in [6.07, 6.45) is 0.776. The summed E-state index contributed by atoms with van der Waals surface area (Å²) >= 11 is 0. The van der Waals surface area contributed by atoms with Crippen molar-refractivity contribution in [2.45, 2.75) is 44.3 Å². The Labute approximate surface area is 234 Å². The number of pyridine rings is 1. The van der Waals surface area contributed by atoms with E-state index >= 15 is 8.78 Å².